The zero-order valence-electron chi connectivity index (χ0n) is 15.5. The second-order valence-corrected chi connectivity index (χ2v) is 7.37. The number of carbonyl (C=O) groups is 2. The summed E-state index contributed by atoms with van der Waals surface area (Å²) in [5, 5.41) is 6.95. The molecular weight excluding hydrogens is 426 g/mol. The average Bonchev–Trinajstić information content (AvgIpc) is 2.64. The van der Waals surface area contributed by atoms with Gasteiger partial charge in [-0.05, 0) is 12.0 Å². The van der Waals surface area contributed by atoms with E-state index in [4.69, 9.17) is 27.9 Å². The fraction of sp³-hybridized carbons (Fsp3) is 0.278. The quantitative estimate of drug-likeness (QED) is 0.581. The van der Waals surface area contributed by atoms with Crippen molar-refractivity contribution in [2.24, 2.45) is 12.1 Å². The summed E-state index contributed by atoms with van der Waals surface area (Å²) in [6.45, 7) is 3.66. The Balaban J connectivity index is 2.05. The van der Waals surface area contributed by atoms with Crippen molar-refractivity contribution >= 4 is 40.6 Å². The van der Waals surface area contributed by atoms with Crippen molar-refractivity contribution in [1.82, 2.24) is 15.2 Å². The highest BCUT2D eigenvalue weighted by molar-refractivity contribution is 6.50. The predicted octanol–water partition coefficient (Wildman–Crippen LogP) is 2.94. The molecule has 0 atom stereocenters. The molecule has 0 aliphatic carbocycles. The van der Waals surface area contributed by atoms with Crippen molar-refractivity contribution in [3.8, 4) is 11.6 Å². The van der Waals surface area contributed by atoms with Crippen LogP contribution in [0.5, 0.6) is 11.6 Å². The van der Waals surface area contributed by atoms with E-state index in [1.54, 1.807) is 0 Å². The van der Waals surface area contributed by atoms with Crippen molar-refractivity contribution in [2.75, 3.05) is 0 Å². The molecule has 0 unspecified atom stereocenters. The Bertz CT molecular complexity index is 1130. The Labute approximate surface area is 174 Å². The number of aromatic nitrogens is 2. The number of carbonyl (C=O) groups excluding carboxylic acids is 2. The Morgan fingerprint density at radius 3 is 2.55 bits per heavy atom. The van der Waals surface area contributed by atoms with Gasteiger partial charge >= 0.3 is 0 Å². The Morgan fingerprint density at radius 2 is 1.93 bits per heavy atom. The van der Waals surface area contributed by atoms with E-state index < -0.39 is 29.0 Å². The van der Waals surface area contributed by atoms with E-state index >= 15 is 0 Å². The second-order valence-electron chi connectivity index (χ2n) is 6.58. The molecule has 0 saturated heterocycles. The number of hydrogen-bond donors (Lipinski definition) is 1. The van der Waals surface area contributed by atoms with Gasteiger partial charge in [0.05, 0.1) is 11.4 Å². The van der Waals surface area contributed by atoms with Gasteiger partial charge in [0.25, 0.3) is 5.56 Å². The van der Waals surface area contributed by atoms with Gasteiger partial charge < -0.3 is 4.74 Å². The van der Waals surface area contributed by atoms with E-state index in [-0.39, 0.29) is 39.4 Å². The van der Waals surface area contributed by atoms with Crippen LogP contribution in [0.15, 0.2) is 22.0 Å². The third-order valence-electron chi connectivity index (χ3n) is 4.15. The van der Waals surface area contributed by atoms with Crippen LogP contribution in [0.3, 0.4) is 0 Å². The molecule has 0 bridgehead atoms. The van der Waals surface area contributed by atoms with E-state index in [1.165, 1.54) is 13.1 Å². The first-order valence-electron chi connectivity index (χ1n) is 8.43. The molecule has 0 fully saturated rings. The standard InChI is InChI=1S/C18H15Cl2FN4O4/c1-7(2)8-5-13(24-25(3)18(8)28)29-17-10(19)4-9(15(21)14(17)20)16-11(26)6-12(27)22-23-16/h4-5,7H,6H2,1-3H3,(H,22,27). The first kappa shape index (κ1) is 20.9. The molecule has 1 aliphatic rings. The minimum Gasteiger partial charge on any atom is -0.434 e. The molecule has 0 spiro atoms. The van der Waals surface area contributed by atoms with Crippen molar-refractivity contribution in [3.05, 3.63) is 49.5 Å². The molecule has 0 radical (unpaired) electrons. The number of halogens is 3. The van der Waals surface area contributed by atoms with Crippen molar-refractivity contribution in [3.63, 3.8) is 0 Å². The molecule has 29 heavy (non-hydrogen) atoms. The first-order valence-corrected chi connectivity index (χ1v) is 9.19. The first-order chi connectivity index (χ1) is 13.6. The molecule has 2 aromatic rings. The maximum atomic E-state index is 14.9. The summed E-state index contributed by atoms with van der Waals surface area (Å²) >= 11 is 12.3. The Hall–Kier alpha value is -2.78. The van der Waals surface area contributed by atoms with Gasteiger partial charge in [0.1, 0.15) is 10.7 Å². The summed E-state index contributed by atoms with van der Waals surface area (Å²) in [6, 6.07) is 2.55. The van der Waals surface area contributed by atoms with Gasteiger partial charge in [-0.1, -0.05) is 37.0 Å². The highest BCUT2D eigenvalue weighted by Gasteiger charge is 2.28. The van der Waals surface area contributed by atoms with Gasteiger partial charge in [-0.3, -0.25) is 14.4 Å². The maximum Gasteiger partial charge on any atom is 0.270 e. The monoisotopic (exact) mass is 440 g/mol. The number of hydrogen-bond acceptors (Lipinski definition) is 6. The molecule has 152 valence electrons. The van der Waals surface area contributed by atoms with Gasteiger partial charge in [0.15, 0.2) is 17.3 Å². The van der Waals surface area contributed by atoms with Crippen LogP contribution >= 0.6 is 23.2 Å². The van der Waals surface area contributed by atoms with Crippen LogP contribution in [0.4, 0.5) is 4.39 Å². The van der Waals surface area contributed by atoms with Crippen molar-refractivity contribution in [2.45, 2.75) is 26.2 Å². The fourth-order valence-corrected chi connectivity index (χ4v) is 3.21. The van der Waals surface area contributed by atoms with Gasteiger partial charge in [-0.2, -0.15) is 5.10 Å². The van der Waals surface area contributed by atoms with Gasteiger partial charge in [-0.25, -0.2) is 14.5 Å². The lowest BCUT2D eigenvalue weighted by Gasteiger charge is -2.16. The normalized spacial score (nSPS) is 14.1. The molecule has 3 rings (SSSR count). The summed E-state index contributed by atoms with van der Waals surface area (Å²) in [4.78, 5) is 35.4. The highest BCUT2D eigenvalue weighted by Crippen LogP contribution is 2.39. The number of nitrogens with one attached hydrogen (secondary N) is 1. The lowest BCUT2D eigenvalue weighted by atomic mass is 10.0. The predicted molar refractivity (Wildman–Crippen MR) is 104 cm³/mol. The number of ketones is 1. The van der Waals surface area contributed by atoms with Gasteiger partial charge in [0.2, 0.25) is 11.8 Å². The van der Waals surface area contributed by atoms with Crippen LogP contribution in [0.25, 0.3) is 0 Å². The smallest absolute Gasteiger partial charge is 0.270 e. The minimum atomic E-state index is -0.997. The number of hydrazone groups is 1. The number of Topliss-reactive ketones (excluding diaryl/α,β-unsaturated/α-hetero) is 1. The summed E-state index contributed by atoms with van der Waals surface area (Å²) < 4.78 is 21.5. The molecule has 0 saturated carbocycles. The fourth-order valence-electron chi connectivity index (χ4n) is 2.68. The molecule has 11 heteroatoms. The van der Waals surface area contributed by atoms with Gasteiger partial charge in [0, 0.05) is 24.2 Å². The molecule has 1 N–H and O–H groups in total. The summed E-state index contributed by atoms with van der Waals surface area (Å²) in [7, 11) is 1.45. The summed E-state index contributed by atoms with van der Waals surface area (Å²) in [6.07, 6.45) is -0.467. The number of aryl methyl sites for hydroxylation is 1. The molecule has 2 heterocycles. The van der Waals surface area contributed by atoms with E-state index in [9.17, 15) is 18.8 Å². The molecule has 8 nitrogen and oxygen atoms in total. The zero-order chi connectivity index (χ0) is 21.5. The van der Waals surface area contributed by atoms with E-state index in [2.05, 4.69) is 15.6 Å². The topological polar surface area (TPSA) is 103 Å². The van der Waals surface area contributed by atoms with Crippen LogP contribution in [-0.2, 0) is 16.6 Å². The van der Waals surface area contributed by atoms with Crippen LogP contribution < -0.4 is 15.7 Å². The van der Waals surface area contributed by atoms with E-state index in [1.807, 2.05) is 13.8 Å². The molecular formula is C18H15Cl2FN4O4. The van der Waals surface area contributed by atoms with Gasteiger partial charge in [-0.15, -0.1) is 5.10 Å². The summed E-state index contributed by atoms with van der Waals surface area (Å²) in [5.41, 5.74) is 1.69. The maximum absolute atomic E-state index is 14.9. The number of rotatable bonds is 4. The third kappa shape index (κ3) is 4.01. The zero-order valence-corrected chi connectivity index (χ0v) is 17.1. The number of nitrogens with zero attached hydrogens (tertiary/aromatic N) is 3. The van der Waals surface area contributed by atoms with Crippen LogP contribution in [0.1, 0.15) is 37.3 Å². The molecule has 1 aromatic carbocycles. The van der Waals surface area contributed by atoms with Crippen molar-refractivity contribution < 1.29 is 18.7 Å². The molecule has 1 amide bonds. The lowest BCUT2D eigenvalue weighted by molar-refractivity contribution is -0.126. The Kier molecular flexibility index (Phi) is 5.72. The molecule has 1 aromatic heterocycles. The van der Waals surface area contributed by atoms with Crippen LogP contribution in [0.2, 0.25) is 10.0 Å². The number of ether oxygens (including phenoxy) is 1. The highest BCUT2D eigenvalue weighted by atomic mass is 35.5. The lowest BCUT2D eigenvalue weighted by Crippen LogP contribution is -2.34. The minimum absolute atomic E-state index is 0.00917. The van der Waals surface area contributed by atoms with E-state index in [0.717, 1.165) is 10.7 Å². The summed E-state index contributed by atoms with van der Waals surface area (Å²) in [5.74, 6) is -2.61. The van der Waals surface area contributed by atoms with Crippen molar-refractivity contribution in [1.29, 1.82) is 0 Å². The van der Waals surface area contributed by atoms with Crippen LogP contribution in [0, 0.1) is 5.82 Å². The third-order valence-corrected chi connectivity index (χ3v) is 4.76. The number of benzene rings is 1. The molecule has 1 aliphatic heterocycles. The SMILES string of the molecule is CC(C)c1cc(Oc2c(Cl)cc(C3=NNC(=O)CC3=O)c(F)c2Cl)nn(C)c1=O. The van der Waals surface area contributed by atoms with E-state index in [0.29, 0.717) is 5.56 Å². The Morgan fingerprint density at radius 1 is 1.24 bits per heavy atom. The largest absolute Gasteiger partial charge is 0.434 e. The number of amides is 1. The second kappa shape index (κ2) is 7.92. The van der Waals surface area contributed by atoms with Crippen LogP contribution in [-0.4, -0.2) is 27.2 Å². The average molecular weight is 441 g/mol.